The molecular formula is C12H14N2. The summed E-state index contributed by atoms with van der Waals surface area (Å²) in [5, 5.41) is 0. The summed E-state index contributed by atoms with van der Waals surface area (Å²) in [4.78, 5) is 4.41. The fourth-order valence-electron chi connectivity index (χ4n) is 1.57. The van der Waals surface area contributed by atoms with Crippen LogP contribution < -0.4 is 0 Å². The molecule has 0 saturated heterocycles. The standard InChI is InChI=1S/C12H14N2/c1-9-6-4-5-7-11(9)12-13-8-10(2)14(12)3/h4-8H,1-3H3. The van der Waals surface area contributed by atoms with Crippen LogP contribution in [0, 0.1) is 13.8 Å². The number of rotatable bonds is 1. The van der Waals surface area contributed by atoms with Crippen molar-refractivity contribution in [3.8, 4) is 11.4 Å². The highest BCUT2D eigenvalue weighted by Crippen LogP contribution is 2.21. The minimum atomic E-state index is 1.04. The van der Waals surface area contributed by atoms with Crippen LogP contribution in [-0.2, 0) is 7.05 Å². The quantitative estimate of drug-likeness (QED) is 0.669. The van der Waals surface area contributed by atoms with Crippen molar-refractivity contribution >= 4 is 0 Å². The molecule has 0 radical (unpaired) electrons. The molecule has 0 saturated carbocycles. The van der Waals surface area contributed by atoms with Gasteiger partial charge in [0.1, 0.15) is 5.82 Å². The van der Waals surface area contributed by atoms with Crippen molar-refractivity contribution in [2.45, 2.75) is 13.8 Å². The minimum Gasteiger partial charge on any atom is -0.331 e. The summed E-state index contributed by atoms with van der Waals surface area (Å²) < 4.78 is 2.11. The predicted molar refractivity (Wildman–Crippen MR) is 58.1 cm³/mol. The van der Waals surface area contributed by atoms with Crippen molar-refractivity contribution < 1.29 is 0 Å². The second-order valence-electron chi connectivity index (χ2n) is 3.60. The fourth-order valence-corrected chi connectivity index (χ4v) is 1.57. The van der Waals surface area contributed by atoms with Crippen molar-refractivity contribution in [3.05, 3.63) is 41.7 Å². The van der Waals surface area contributed by atoms with Crippen LogP contribution in [0.25, 0.3) is 11.4 Å². The molecule has 0 N–H and O–H groups in total. The third-order valence-electron chi connectivity index (χ3n) is 2.61. The molecule has 2 rings (SSSR count). The van der Waals surface area contributed by atoms with E-state index in [9.17, 15) is 0 Å². The van der Waals surface area contributed by atoms with Gasteiger partial charge in [0.2, 0.25) is 0 Å². The fraction of sp³-hybridized carbons (Fsp3) is 0.250. The maximum absolute atomic E-state index is 4.41. The van der Waals surface area contributed by atoms with E-state index in [1.165, 1.54) is 16.8 Å². The molecule has 0 unspecified atom stereocenters. The van der Waals surface area contributed by atoms with Gasteiger partial charge in [-0.2, -0.15) is 0 Å². The lowest BCUT2D eigenvalue weighted by atomic mass is 10.1. The topological polar surface area (TPSA) is 17.8 Å². The Bertz CT molecular complexity index is 455. The van der Waals surface area contributed by atoms with Gasteiger partial charge in [0.15, 0.2) is 0 Å². The smallest absolute Gasteiger partial charge is 0.140 e. The lowest BCUT2D eigenvalue weighted by Crippen LogP contribution is -1.95. The first-order valence-electron chi connectivity index (χ1n) is 4.74. The number of hydrogen-bond donors (Lipinski definition) is 0. The Balaban J connectivity index is 2.60. The molecule has 72 valence electrons. The van der Waals surface area contributed by atoms with E-state index in [0.29, 0.717) is 0 Å². The lowest BCUT2D eigenvalue weighted by Gasteiger charge is -2.05. The number of nitrogens with zero attached hydrogens (tertiary/aromatic N) is 2. The largest absolute Gasteiger partial charge is 0.331 e. The SMILES string of the molecule is Cc1ccccc1-c1ncc(C)n1C. The number of benzene rings is 1. The molecular weight excluding hydrogens is 172 g/mol. The molecule has 1 heterocycles. The molecule has 14 heavy (non-hydrogen) atoms. The van der Waals surface area contributed by atoms with Crippen LogP contribution in [0.5, 0.6) is 0 Å². The molecule has 1 aromatic carbocycles. The summed E-state index contributed by atoms with van der Waals surface area (Å²) in [5.74, 6) is 1.04. The molecule has 0 aliphatic rings. The number of aryl methyl sites for hydroxylation is 2. The van der Waals surface area contributed by atoms with Crippen molar-refractivity contribution in [3.63, 3.8) is 0 Å². The van der Waals surface area contributed by atoms with Crippen LogP contribution in [0.4, 0.5) is 0 Å². The molecule has 0 atom stereocenters. The Labute approximate surface area is 84.2 Å². The van der Waals surface area contributed by atoms with Crippen molar-refractivity contribution in [2.75, 3.05) is 0 Å². The van der Waals surface area contributed by atoms with E-state index in [4.69, 9.17) is 0 Å². The van der Waals surface area contributed by atoms with E-state index >= 15 is 0 Å². The summed E-state index contributed by atoms with van der Waals surface area (Å²) in [5.41, 5.74) is 3.66. The van der Waals surface area contributed by atoms with E-state index in [-0.39, 0.29) is 0 Å². The molecule has 1 aromatic heterocycles. The first-order chi connectivity index (χ1) is 6.70. The summed E-state index contributed by atoms with van der Waals surface area (Å²) in [6.45, 7) is 4.17. The van der Waals surface area contributed by atoms with Gasteiger partial charge < -0.3 is 4.57 Å². The molecule has 2 nitrogen and oxygen atoms in total. The average Bonchev–Trinajstić information content (AvgIpc) is 2.49. The van der Waals surface area contributed by atoms with Gasteiger partial charge in [-0.05, 0) is 19.4 Å². The van der Waals surface area contributed by atoms with Crippen LogP contribution in [0.3, 0.4) is 0 Å². The highest BCUT2D eigenvalue weighted by Gasteiger charge is 2.07. The van der Waals surface area contributed by atoms with E-state index in [2.05, 4.69) is 41.6 Å². The van der Waals surface area contributed by atoms with Crippen molar-refractivity contribution in [1.29, 1.82) is 0 Å². The van der Waals surface area contributed by atoms with Gasteiger partial charge in [-0.25, -0.2) is 4.98 Å². The van der Waals surface area contributed by atoms with Gasteiger partial charge in [0, 0.05) is 24.5 Å². The van der Waals surface area contributed by atoms with Gasteiger partial charge in [-0.3, -0.25) is 0 Å². The van der Waals surface area contributed by atoms with Gasteiger partial charge in [0.05, 0.1) is 0 Å². The van der Waals surface area contributed by atoms with Gasteiger partial charge in [-0.1, -0.05) is 24.3 Å². The Morgan fingerprint density at radius 3 is 2.43 bits per heavy atom. The molecule has 2 heteroatoms. The zero-order valence-corrected chi connectivity index (χ0v) is 8.78. The second-order valence-corrected chi connectivity index (χ2v) is 3.60. The van der Waals surface area contributed by atoms with Crippen molar-refractivity contribution in [1.82, 2.24) is 9.55 Å². The molecule has 0 fully saturated rings. The molecule has 0 bridgehead atoms. The van der Waals surface area contributed by atoms with Gasteiger partial charge in [0.25, 0.3) is 0 Å². The Kier molecular flexibility index (Phi) is 2.12. The zero-order valence-electron chi connectivity index (χ0n) is 8.78. The Hall–Kier alpha value is -1.57. The lowest BCUT2D eigenvalue weighted by molar-refractivity contribution is 0.883. The van der Waals surface area contributed by atoms with E-state index in [1.807, 2.05) is 19.3 Å². The highest BCUT2D eigenvalue weighted by atomic mass is 15.1. The monoisotopic (exact) mass is 186 g/mol. The maximum atomic E-state index is 4.41. The average molecular weight is 186 g/mol. The van der Waals surface area contributed by atoms with E-state index < -0.39 is 0 Å². The summed E-state index contributed by atoms with van der Waals surface area (Å²) in [6, 6.07) is 8.32. The number of aromatic nitrogens is 2. The third kappa shape index (κ3) is 1.33. The first kappa shape index (κ1) is 9.00. The summed E-state index contributed by atoms with van der Waals surface area (Å²) in [6.07, 6.45) is 1.90. The summed E-state index contributed by atoms with van der Waals surface area (Å²) >= 11 is 0. The number of imidazole rings is 1. The predicted octanol–water partition coefficient (Wildman–Crippen LogP) is 2.70. The van der Waals surface area contributed by atoms with Gasteiger partial charge >= 0.3 is 0 Å². The van der Waals surface area contributed by atoms with Crippen LogP contribution in [0.15, 0.2) is 30.5 Å². The molecule has 2 aromatic rings. The van der Waals surface area contributed by atoms with E-state index in [0.717, 1.165) is 5.82 Å². The normalized spacial score (nSPS) is 10.5. The van der Waals surface area contributed by atoms with Crippen LogP contribution in [0.2, 0.25) is 0 Å². The third-order valence-corrected chi connectivity index (χ3v) is 2.61. The van der Waals surface area contributed by atoms with Crippen LogP contribution >= 0.6 is 0 Å². The molecule has 0 spiro atoms. The van der Waals surface area contributed by atoms with Crippen molar-refractivity contribution in [2.24, 2.45) is 7.05 Å². The highest BCUT2D eigenvalue weighted by molar-refractivity contribution is 5.60. The van der Waals surface area contributed by atoms with Crippen LogP contribution in [0.1, 0.15) is 11.3 Å². The molecule has 0 aliphatic carbocycles. The second kappa shape index (κ2) is 3.29. The molecule has 0 amide bonds. The number of hydrogen-bond acceptors (Lipinski definition) is 1. The van der Waals surface area contributed by atoms with E-state index in [1.54, 1.807) is 0 Å². The summed E-state index contributed by atoms with van der Waals surface area (Å²) in [7, 11) is 2.05. The maximum Gasteiger partial charge on any atom is 0.140 e. The van der Waals surface area contributed by atoms with Gasteiger partial charge in [-0.15, -0.1) is 0 Å². The molecule has 0 aliphatic heterocycles. The van der Waals surface area contributed by atoms with Crippen LogP contribution in [-0.4, -0.2) is 9.55 Å². The zero-order chi connectivity index (χ0) is 10.1. The minimum absolute atomic E-state index is 1.04. The Morgan fingerprint density at radius 2 is 1.86 bits per heavy atom. The first-order valence-corrected chi connectivity index (χ1v) is 4.74. The Morgan fingerprint density at radius 1 is 1.14 bits per heavy atom.